The number of hydrogen-bond acceptors (Lipinski definition) is 5. The number of nitrogens with zero attached hydrogens (tertiary/aromatic N) is 2. The molecule has 0 aliphatic heterocycles. The summed E-state index contributed by atoms with van der Waals surface area (Å²) in [5, 5.41) is 0. The first-order chi connectivity index (χ1) is 10.4. The summed E-state index contributed by atoms with van der Waals surface area (Å²) in [5.74, 6) is 0.520. The third kappa shape index (κ3) is 2.79. The van der Waals surface area contributed by atoms with Crippen LogP contribution < -0.4 is 4.72 Å². The highest BCUT2D eigenvalue weighted by Gasteiger charge is 2.30. The number of aromatic nitrogens is 2. The van der Waals surface area contributed by atoms with Crippen LogP contribution in [-0.4, -0.2) is 9.97 Å². The number of anilines is 1. The van der Waals surface area contributed by atoms with Crippen LogP contribution in [0.1, 0.15) is 43.2 Å². The molecule has 0 saturated heterocycles. The molecule has 0 aromatic carbocycles. The average molecular weight is 332 g/mol. The molecule has 1 N–H and O–H groups in total. The Bertz CT molecular complexity index is 714. The fourth-order valence-corrected chi connectivity index (χ4v) is 4.56. The van der Waals surface area contributed by atoms with Crippen molar-refractivity contribution >= 4 is 35.7 Å². The topological polar surface area (TPSA) is 37.8 Å². The van der Waals surface area contributed by atoms with Crippen LogP contribution in [-0.2, 0) is 12.8 Å². The summed E-state index contributed by atoms with van der Waals surface area (Å²) in [6.45, 7) is 11.0. The second-order valence-electron chi connectivity index (χ2n) is 6.74. The third-order valence-corrected chi connectivity index (χ3v) is 5.76. The molecule has 0 saturated carbocycles. The molecule has 2 heterocycles. The molecule has 0 amide bonds. The van der Waals surface area contributed by atoms with Crippen molar-refractivity contribution < 1.29 is 0 Å². The summed E-state index contributed by atoms with van der Waals surface area (Å²) in [6, 6.07) is 0. The fourth-order valence-electron chi connectivity index (χ4n) is 3.08. The number of thiophene rings is 1. The maximum Gasteiger partial charge on any atom is 0.232 e. The Morgan fingerprint density at radius 1 is 1.36 bits per heavy atom. The lowest BCUT2D eigenvalue weighted by molar-refractivity contribution is 0.317. The Labute approximate surface area is 141 Å². The van der Waals surface area contributed by atoms with Crippen LogP contribution >= 0.6 is 24.2 Å². The van der Waals surface area contributed by atoms with Crippen molar-refractivity contribution in [3.8, 4) is 10.4 Å². The van der Waals surface area contributed by atoms with Crippen molar-refractivity contribution in [2.24, 2.45) is 5.41 Å². The molecule has 0 unspecified atom stereocenters. The van der Waals surface area contributed by atoms with Crippen LogP contribution in [0, 0.1) is 5.41 Å². The van der Waals surface area contributed by atoms with Gasteiger partial charge in [0.15, 0.2) is 0 Å². The average Bonchev–Trinajstić information content (AvgIpc) is 2.84. The minimum atomic E-state index is 0.367. The van der Waals surface area contributed by atoms with Crippen molar-refractivity contribution in [3.05, 3.63) is 35.0 Å². The molecule has 116 valence electrons. The zero-order valence-corrected chi connectivity index (χ0v) is 14.9. The third-order valence-electron chi connectivity index (χ3n) is 4.22. The largest absolute Gasteiger partial charge is 0.301 e. The highest BCUT2D eigenvalue weighted by Crippen LogP contribution is 2.46. The van der Waals surface area contributed by atoms with E-state index in [1.807, 2.05) is 23.7 Å². The van der Waals surface area contributed by atoms with Crippen LogP contribution in [0.4, 0.5) is 5.95 Å². The van der Waals surface area contributed by atoms with Gasteiger partial charge in [0, 0.05) is 27.7 Å². The molecule has 1 aliphatic rings. The lowest BCUT2D eigenvalue weighted by Crippen LogP contribution is -2.21. The standard InChI is InChI=1S/C17H21N3S2/c1-10(2)14-12-7-17(3,4)6-5-13(12)22-15(14)11-8-18-16(20-21)19-9-11/h8-9,21H,1,5-7H2,2-4H3,(H,18,19,20). The van der Waals surface area contributed by atoms with Gasteiger partial charge in [-0.2, -0.15) is 0 Å². The molecule has 3 rings (SSSR count). The summed E-state index contributed by atoms with van der Waals surface area (Å²) < 4.78 is 2.66. The Morgan fingerprint density at radius 2 is 2.05 bits per heavy atom. The lowest BCUT2D eigenvalue weighted by Gasteiger charge is -2.30. The summed E-state index contributed by atoms with van der Waals surface area (Å²) >= 11 is 5.85. The molecule has 0 bridgehead atoms. The van der Waals surface area contributed by atoms with Gasteiger partial charge in [0.1, 0.15) is 0 Å². The number of thiol groups is 1. The molecule has 22 heavy (non-hydrogen) atoms. The van der Waals surface area contributed by atoms with E-state index in [2.05, 4.69) is 54.9 Å². The van der Waals surface area contributed by atoms with Gasteiger partial charge in [-0.25, -0.2) is 9.97 Å². The quantitative estimate of drug-likeness (QED) is 0.776. The Hall–Kier alpha value is -1.33. The van der Waals surface area contributed by atoms with E-state index in [0.717, 1.165) is 24.0 Å². The maximum absolute atomic E-state index is 4.29. The van der Waals surface area contributed by atoms with E-state index in [1.165, 1.54) is 27.3 Å². The number of allylic oxidation sites excluding steroid dienone is 1. The summed E-state index contributed by atoms with van der Waals surface area (Å²) in [5.41, 5.74) is 5.35. The van der Waals surface area contributed by atoms with Crippen molar-refractivity contribution in [3.63, 3.8) is 0 Å². The van der Waals surface area contributed by atoms with Crippen molar-refractivity contribution in [1.29, 1.82) is 0 Å². The van der Waals surface area contributed by atoms with Crippen LogP contribution in [0.15, 0.2) is 19.0 Å². The Morgan fingerprint density at radius 3 is 2.64 bits per heavy atom. The molecule has 2 aromatic rings. The number of rotatable bonds is 3. The van der Waals surface area contributed by atoms with E-state index in [0.29, 0.717) is 11.4 Å². The second kappa shape index (κ2) is 5.70. The van der Waals surface area contributed by atoms with E-state index in [-0.39, 0.29) is 0 Å². The van der Waals surface area contributed by atoms with Gasteiger partial charge >= 0.3 is 0 Å². The molecule has 3 nitrogen and oxygen atoms in total. The minimum Gasteiger partial charge on any atom is -0.301 e. The Kier molecular flexibility index (Phi) is 4.03. The van der Waals surface area contributed by atoms with Gasteiger partial charge in [-0.3, -0.25) is 0 Å². The zero-order valence-electron chi connectivity index (χ0n) is 13.2. The van der Waals surface area contributed by atoms with E-state index in [9.17, 15) is 0 Å². The molecule has 0 spiro atoms. The van der Waals surface area contributed by atoms with E-state index in [1.54, 1.807) is 0 Å². The Balaban J connectivity index is 2.12. The van der Waals surface area contributed by atoms with Gasteiger partial charge in [-0.15, -0.1) is 11.3 Å². The van der Waals surface area contributed by atoms with Crippen LogP contribution in [0.5, 0.6) is 0 Å². The molecular formula is C17H21N3S2. The molecular weight excluding hydrogens is 310 g/mol. The number of fused-ring (bicyclic) bond motifs is 1. The number of nitrogens with one attached hydrogen (secondary N) is 1. The molecule has 2 aromatic heterocycles. The van der Waals surface area contributed by atoms with E-state index in [4.69, 9.17) is 0 Å². The predicted octanol–water partition coefficient (Wildman–Crippen LogP) is 5.01. The van der Waals surface area contributed by atoms with Crippen LogP contribution in [0.2, 0.25) is 0 Å². The van der Waals surface area contributed by atoms with Gasteiger partial charge in [-0.1, -0.05) is 33.2 Å². The summed E-state index contributed by atoms with van der Waals surface area (Å²) in [7, 11) is 0. The molecule has 0 radical (unpaired) electrons. The molecule has 0 atom stereocenters. The predicted molar refractivity (Wildman–Crippen MR) is 98.5 cm³/mol. The molecule has 0 fully saturated rings. The fraction of sp³-hybridized carbons (Fsp3) is 0.412. The number of aryl methyl sites for hydroxylation is 1. The van der Waals surface area contributed by atoms with Gasteiger partial charge in [0.05, 0.1) is 0 Å². The second-order valence-corrected chi connectivity index (χ2v) is 8.07. The van der Waals surface area contributed by atoms with Gasteiger partial charge in [0.25, 0.3) is 0 Å². The summed E-state index contributed by atoms with van der Waals surface area (Å²) in [6.07, 6.45) is 7.25. The lowest BCUT2D eigenvalue weighted by atomic mass is 9.75. The monoisotopic (exact) mass is 331 g/mol. The highest BCUT2D eigenvalue weighted by atomic mass is 32.1. The van der Waals surface area contributed by atoms with Crippen molar-refractivity contribution in [2.45, 2.75) is 40.0 Å². The van der Waals surface area contributed by atoms with Crippen molar-refractivity contribution in [2.75, 3.05) is 4.72 Å². The van der Waals surface area contributed by atoms with Crippen molar-refractivity contribution in [1.82, 2.24) is 9.97 Å². The van der Waals surface area contributed by atoms with Crippen LogP contribution in [0.3, 0.4) is 0 Å². The van der Waals surface area contributed by atoms with E-state index < -0.39 is 0 Å². The zero-order chi connectivity index (χ0) is 15.9. The first-order valence-electron chi connectivity index (χ1n) is 7.44. The van der Waals surface area contributed by atoms with Crippen LogP contribution in [0.25, 0.3) is 16.0 Å². The molecule has 5 heteroatoms. The number of hydrogen-bond donors (Lipinski definition) is 2. The normalized spacial score (nSPS) is 16.2. The first-order valence-corrected chi connectivity index (χ1v) is 8.70. The molecule has 1 aliphatic carbocycles. The SMILES string of the molecule is C=C(C)c1c(-c2cnc(NS)nc2)sc2c1CC(C)(C)CC2. The minimum absolute atomic E-state index is 0.367. The summed E-state index contributed by atoms with van der Waals surface area (Å²) in [4.78, 5) is 11.3. The first kappa shape index (κ1) is 15.6. The maximum atomic E-state index is 4.29. The van der Waals surface area contributed by atoms with Gasteiger partial charge < -0.3 is 4.72 Å². The van der Waals surface area contributed by atoms with E-state index >= 15 is 0 Å². The highest BCUT2D eigenvalue weighted by molar-refractivity contribution is 7.81. The smallest absolute Gasteiger partial charge is 0.232 e. The van der Waals surface area contributed by atoms with Gasteiger partial charge in [-0.05, 0) is 48.3 Å². The van der Waals surface area contributed by atoms with Gasteiger partial charge in [0.2, 0.25) is 5.95 Å².